The molecule has 10 heavy (non-hydrogen) atoms. The molecule has 3 heteroatoms. The molecule has 0 N–H and O–H groups in total. The van der Waals surface area contributed by atoms with Crippen molar-refractivity contribution in [1.82, 2.24) is 5.16 Å². The van der Waals surface area contributed by atoms with Gasteiger partial charge in [0, 0.05) is 6.07 Å². The topological polar surface area (TPSA) is 49.8 Å². The van der Waals surface area contributed by atoms with E-state index in [1.807, 2.05) is 19.9 Å². The van der Waals surface area contributed by atoms with E-state index in [1.54, 1.807) is 13.0 Å². The third-order valence-corrected chi connectivity index (χ3v) is 0.738. The first-order valence-electron chi connectivity index (χ1n) is 3.16. The quantitative estimate of drug-likeness (QED) is 0.550. The number of nitrogens with zero attached hydrogens (tertiary/aromatic N) is 2. The normalized spacial score (nSPS) is 7.40. The van der Waals surface area contributed by atoms with Gasteiger partial charge in [0.25, 0.3) is 0 Å². The lowest BCUT2D eigenvalue weighted by molar-refractivity contribution is 0.405. The van der Waals surface area contributed by atoms with Gasteiger partial charge in [0.15, 0.2) is 0 Å². The summed E-state index contributed by atoms with van der Waals surface area (Å²) in [6.45, 7) is 5.77. The molecule has 0 aromatic carbocycles. The van der Waals surface area contributed by atoms with Crippen LogP contribution < -0.4 is 0 Å². The van der Waals surface area contributed by atoms with E-state index in [0.29, 0.717) is 0 Å². The smallest absolute Gasteiger partial charge is 0.236 e. The Hall–Kier alpha value is -1.30. The van der Waals surface area contributed by atoms with E-state index < -0.39 is 0 Å². The van der Waals surface area contributed by atoms with Gasteiger partial charge in [-0.25, -0.2) is 0 Å². The predicted octanol–water partition coefficient (Wildman–Crippen LogP) is 1.88. The van der Waals surface area contributed by atoms with Gasteiger partial charge < -0.3 is 4.52 Å². The molecule has 1 aromatic rings. The largest absolute Gasteiger partial charge is 0.345 e. The van der Waals surface area contributed by atoms with Gasteiger partial charge in [-0.1, -0.05) is 19.0 Å². The van der Waals surface area contributed by atoms with Crippen molar-refractivity contribution >= 4 is 0 Å². The molecule has 0 saturated carbocycles. The molecule has 0 aliphatic rings. The third kappa shape index (κ3) is 2.31. The summed E-state index contributed by atoms with van der Waals surface area (Å²) in [5.41, 5.74) is 0.738. The Morgan fingerprint density at radius 1 is 1.60 bits per heavy atom. The van der Waals surface area contributed by atoms with Crippen LogP contribution in [0.3, 0.4) is 0 Å². The standard InChI is InChI=1S/C5H4N2O.C2H6/c1-4-2-5(3-6)8-7-4;1-2/h2H,1H3;1-2H3. The molecular formula is C7H10N2O. The van der Waals surface area contributed by atoms with Crippen molar-refractivity contribution in [2.45, 2.75) is 20.8 Å². The summed E-state index contributed by atoms with van der Waals surface area (Å²) in [6, 6.07) is 3.40. The van der Waals surface area contributed by atoms with Gasteiger partial charge >= 0.3 is 0 Å². The Morgan fingerprint density at radius 2 is 2.20 bits per heavy atom. The highest BCUT2D eigenvalue weighted by molar-refractivity contribution is 5.16. The van der Waals surface area contributed by atoms with Crippen LogP contribution in [0.4, 0.5) is 0 Å². The molecule has 0 unspecified atom stereocenters. The second-order valence-electron chi connectivity index (χ2n) is 1.44. The first-order valence-corrected chi connectivity index (χ1v) is 3.16. The van der Waals surface area contributed by atoms with Gasteiger partial charge in [-0.05, 0) is 6.92 Å². The SMILES string of the molecule is CC.Cc1cc(C#N)on1. The van der Waals surface area contributed by atoms with Crippen LogP contribution in [0.5, 0.6) is 0 Å². The minimum Gasteiger partial charge on any atom is -0.345 e. The lowest BCUT2D eigenvalue weighted by Gasteiger charge is -1.62. The highest BCUT2D eigenvalue weighted by atomic mass is 16.5. The summed E-state index contributed by atoms with van der Waals surface area (Å²) in [5, 5.41) is 11.7. The fraction of sp³-hybridized carbons (Fsp3) is 0.429. The van der Waals surface area contributed by atoms with E-state index in [-0.39, 0.29) is 5.76 Å². The summed E-state index contributed by atoms with van der Waals surface area (Å²) in [7, 11) is 0. The fourth-order valence-corrected chi connectivity index (χ4v) is 0.416. The van der Waals surface area contributed by atoms with Crippen LogP contribution in [0.2, 0.25) is 0 Å². The number of hydrogen-bond acceptors (Lipinski definition) is 3. The third-order valence-electron chi connectivity index (χ3n) is 0.738. The zero-order chi connectivity index (χ0) is 7.98. The van der Waals surface area contributed by atoms with Crippen molar-refractivity contribution in [2.24, 2.45) is 0 Å². The van der Waals surface area contributed by atoms with Gasteiger partial charge in [-0.15, -0.1) is 0 Å². The number of nitriles is 1. The van der Waals surface area contributed by atoms with E-state index in [2.05, 4.69) is 9.68 Å². The van der Waals surface area contributed by atoms with Crippen molar-refractivity contribution in [3.05, 3.63) is 17.5 Å². The number of aryl methyl sites for hydroxylation is 1. The zero-order valence-corrected chi connectivity index (χ0v) is 6.38. The molecule has 0 fully saturated rings. The first-order chi connectivity index (χ1) is 4.83. The fourth-order valence-electron chi connectivity index (χ4n) is 0.416. The number of hydrogen-bond donors (Lipinski definition) is 0. The Kier molecular flexibility index (Phi) is 3.97. The minimum atomic E-state index is 0.266. The maximum Gasteiger partial charge on any atom is 0.236 e. The molecule has 1 rings (SSSR count). The van der Waals surface area contributed by atoms with Crippen molar-refractivity contribution in [2.75, 3.05) is 0 Å². The molecule has 0 bridgehead atoms. The molecule has 0 aliphatic carbocycles. The molecule has 1 aromatic heterocycles. The Morgan fingerprint density at radius 3 is 2.40 bits per heavy atom. The molecule has 0 aliphatic heterocycles. The minimum absolute atomic E-state index is 0.266. The number of aromatic nitrogens is 1. The molecular weight excluding hydrogens is 128 g/mol. The van der Waals surface area contributed by atoms with Gasteiger partial charge in [0.2, 0.25) is 5.76 Å². The first kappa shape index (κ1) is 8.70. The van der Waals surface area contributed by atoms with E-state index >= 15 is 0 Å². The van der Waals surface area contributed by atoms with Crippen molar-refractivity contribution in [1.29, 1.82) is 5.26 Å². The lowest BCUT2D eigenvalue weighted by atomic mass is 10.4. The Labute approximate surface area is 60.3 Å². The van der Waals surface area contributed by atoms with E-state index in [4.69, 9.17) is 5.26 Å². The summed E-state index contributed by atoms with van der Waals surface area (Å²) in [6.07, 6.45) is 0. The Bertz CT molecular complexity index is 222. The van der Waals surface area contributed by atoms with Crippen molar-refractivity contribution in [3.8, 4) is 6.07 Å². The Balaban J connectivity index is 0.000000371. The average Bonchev–Trinajstić information content (AvgIpc) is 2.40. The van der Waals surface area contributed by atoms with Crippen LogP contribution >= 0.6 is 0 Å². The second-order valence-corrected chi connectivity index (χ2v) is 1.44. The van der Waals surface area contributed by atoms with E-state index in [1.165, 1.54) is 0 Å². The maximum absolute atomic E-state index is 8.17. The highest BCUT2D eigenvalue weighted by Crippen LogP contribution is 1.97. The van der Waals surface area contributed by atoms with Crippen molar-refractivity contribution in [3.63, 3.8) is 0 Å². The van der Waals surface area contributed by atoms with E-state index in [9.17, 15) is 0 Å². The molecule has 0 spiro atoms. The summed E-state index contributed by atoms with van der Waals surface area (Å²) >= 11 is 0. The number of rotatable bonds is 0. The molecule has 1 heterocycles. The summed E-state index contributed by atoms with van der Waals surface area (Å²) in [4.78, 5) is 0. The molecule has 0 radical (unpaired) electrons. The van der Waals surface area contributed by atoms with E-state index in [0.717, 1.165) is 5.69 Å². The molecule has 0 amide bonds. The molecule has 0 saturated heterocycles. The summed E-state index contributed by atoms with van der Waals surface area (Å²) < 4.78 is 4.50. The zero-order valence-electron chi connectivity index (χ0n) is 6.38. The van der Waals surface area contributed by atoms with Crippen LogP contribution in [0.1, 0.15) is 25.3 Å². The van der Waals surface area contributed by atoms with Crippen LogP contribution in [-0.4, -0.2) is 5.16 Å². The van der Waals surface area contributed by atoms with Gasteiger partial charge in [-0.2, -0.15) is 5.26 Å². The van der Waals surface area contributed by atoms with Gasteiger partial charge in [0.1, 0.15) is 6.07 Å². The van der Waals surface area contributed by atoms with Crippen LogP contribution in [0, 0.1) is 18.3 Å². The highest BCUT2D eigenvalue weighted by Gasteiger charge is 1.94. The van der Waals surface area contributed by atoms with Crippen LogP contribution in [-0.2, 0) is 0 Å². The second kappa shape index (κ2) is 4.57. The molecule has 0 atom stereocenters. The van der Waals surface area contributed by atoms with Crippen LogP contribution in [0.25, 0.3) is 0 Å². The van der Waals surface area contributed by atoms with Gasteiger partial charge in [0.05, 0.1) is 5.69 Å². The predicted molar refractivity (Wildman–Crippen MR) is 37.3 cm³/mol. The van der Waals surface area contributed by atoms with Crippen LogP contribution in [0.15, 0.2) is 10.6 Å². The average molecular weight is 138 g/mol. The molecule has 54 valence electrons. The van der Waals surface area contributed by atoms with Crippen molar-refractivity contribution < 1.29 is 4.52 Å². The van der Waals surface area contributed by atoms with Gasteiger partial charge in [-0.3, -0.25) is 0 Å². The maximum atomic E-state index is 8.17. The molecule has 3 nitrogen and oxygen atoms in total. The monoisotopic (exact) mass is 138 g/mol. The summed E-state index contributed by atoms with van der Waals surface area (Å²) in [5.74, 6) is 0.266. The lowest BCUT2D eigenvalue weighted by Crippen LogP contribution is -1.60.